The molecule has 1 aromatic carbocycles. The van der Waals surface area contributed by atoms with Crippen LogP contribution in [0.4, 0.5) is 11.4 Å². The van der Waals surface area contributed by atoms with Crippen LogP contribution in [-0.2, 0) is 14.3 Å². The molecule has 0 aliphatic carbocycles. The Kier molecular flexibility index (Phi) is 6.81. The molecule has 0 aliphatic heterocycles. The van der Waals surface area contributed by atoms with E-state index in [0.717, 1.165) is 7.11 Å². The van der Waals surface area contributed by atoms with Gasteiger partial charge in [0.15, 0.2) is 0 Å². The highest BCUT2D eigenvalue weighted by Crippen LogP contribution is 2.24. The number of primary amides is 1. The topological polar surface area (TPSA) is 157 Å². The van der Waals surface area contributed by atoms with Crippen molar-refractivity contribution < 1.29 is 24.2 Å². The summed E-state index contributed by atoms with van der Waals surface area (Å²) >= 11 is 0. The third-order valence-corrected chi connectivity index (χ3v) is 2.98. The molecule has 0 saturated carbocycles. The highest BCUT2D eigenvalue weighted by atomic mass is 16.5. The number of aromatic carboxylic acids is 1. The summed E-state index contributed by atoms with van der Waals surface area (Å²) < 4.78 is 4.51. The van der Waals surface area contributed by atoms with Gasteiger partial charge in [-0.3, -0.25) is 4.79 Å². The standard InChI is InChI=1S/C14H20N4O5/c1-23-14(22)11(12(16)19)18-10-7-8(13(20)21)3-4-9(10)17-6-2-5-15/h3-4,7,11,17-18H,2,5-6,15H2,1H3,(H2,16,19)(H,20,21). The van der Waals surface area contributed by atoms with Crippen LogP contribution >= 0.6 is 0 Å². The van der Waals surface area contributed by atoms with Crippen molar-refractivity contribution in [1.29, 1.82) is 0 Å². The van der Waals surface area contributed by atoms with E-state index in [1.807, 2.05) is 0 Å². The van der Waals surface area contributed by atoms with Gasteiger partial charge in [-0.15, -0.1) is 0 Å². The molecule has 1 amide bonds. The van der Waals surface area contributed by atoms with E-state index >= 15 is 0 Å². The maximum absolute atomic E-state index is 11.6. The van der Waals surface area contributed by atoms with Crippen LogP contribution < -0.4 is 22.1 Å². The van der Waals surface area contributed by atoms with Crippen LogP contribution in [0.25, 0.3) is 0 Å². The number of rotatable bonds is 9. The minimum atomic E-state index is -1.43. The maximum Gasteiger partial charge on any atom is 0.338 e. The van der Waals surface area contributed by atoms with Gasteiger partial charge < -0.3 is 31.9 Å². The van der Waals surface area contributed by atoms with E-state index in [2.05, 4.69) is 15.4 Å². The lowest BCUT2D eigenvalue weighted by atomic mass is 10.1. The molecule has 1 rings (SSSR count). The molecule has 9 nitrogen and oxygen atoms in total. The molecule has 9 heteroatoms. The molecule has 0 radical (unpaired) electrons. The van der Waals surface area contributed by atoms with Gasteiger partial charge >= 0.3 is 11.9 Å². The minimum Gasteiger partial charge on any atom is -0.478 e. The fourth-order valence-corrected chi connectivity index (χ4v) is 1.80. The highest BCUT2D eigenvalue weighted by Gasteiger charge is 2.26. The number of nitrogens with two attached hydrogens (primary N) is 2. The number of nitrogens with one attached hydrogen (secondary N) is 2. The number of hydrogen-bond donors (Lipinski definition) is 5. The van der Waals surface area contributed by atoms with Crippen molar-refractivity contribution in [2.75, 3.05) is 30.8 Å². The van der Waals surface area contributed by atoms with Crippen LogP contribution in [0.5, 0.6) is 0 Å². The van der Waals surface area contributed by atoms with Crippen molar-refractivity contribution in [3.8, 4) is 0 Å². The SMILES string of the molecule is COC(=O)C(Nc1cc(C(=O)O)ccc1NCCCN)C(N)=O. The van der Waals surface area contributed by atoms with Crippen LogP contribution in [-0.4, -0.2) is 49.2 Å². The second kappa shape index (κ2) is 8.59. The molecule has 126 valence electrons. The minimum absolute atomic E-state index is 0.00930. The second-order valence-electron chi connectivity index (χ2n) is 4.64. The van der Waals surface area contributed by atoms with E-state index in [1.165, 1.54) is 18.2 Å². The molecule has 7 N–H and O–H groups in total. The average molecular weight is 324 g/mol. The summed E-state index contributed by atoms with van der Waals surface area (Å²) in [7, 11) is 1.12. The molecule has 23 heavy (non-hydrogen) atoms. The van der Waals surface area contributed by atoms with Crippen LogP contribution in [0.2, 0.25) is 0 Å². The molecule has 1 aromatic rings. The van der Waals surface area contributed by atoms with Gasteiger partial charge in [0, 0.05) is 6.54 Å². The van der Waals surface area contributed by atoms with Gasteiger partial charge in [-0.25, -0.2) is 9.59 Å². The number of benzene rings is 1. The van der Waals surface area contributed by atoms with Crippen LogP contribution in [0, 0.1) is 0 Å². The van der Waals surface area contributed by atoms with E-state index in [1.54, 1.807) is 0 Å². The summed E-state index contributed by atoms with van der Waals surface area (Å²) in [5, 5.41) is 14.7. The molecule has 0 saturated heterocycles. The lowest BCUT2D eigenvalue weighted by molar-refractivity contribution is -0.144. The maximum atomic E-state index is 11.6. The summed E-state index contributed by atoms with van der Waals surface area (Å²) in [6.07, 6.45) is 0.691. The number of methoxy groups -OCH3 is 1. The van der Waals surface area contributed by atoms with Crippen molar-refractivity contribution in [3.63, 3.8) is 0 Å². The van der Waals surface area contributed by atoms with Gasteiger partial charge in [-0.05, 0) is 31.2 Å². The third kappa shape index (κ3) is 5.15. The Morgan fingerprint density at radius 2 is 2.00 bits per heavy atom. The second-order valence-corrected chi connectivity index (χ2v) is 4.64. The molecule has 0 aliphatic rings. The monoisotopic (exact) mass is 324 g/mol. The number of hydrogen-bond acceptors (Lipinski definition) is 7. The van der Waals surface area contributed by atoms with Gasteiger partial charge in [0.05, 0.1) is 24.0 Å². The van der Waals surface area contributed by atoms with Gasteiger partial charge in [0.1, 0.15) is 0 Å². The number of carboxylic acids is 1. The van der Waals surface area contributed by atoms with Crippen LogP contribution in [0.3, 0.4) is 0 Å². The average Bonchev–Trinajstić information content (AvgIpc) is 2.52. The summed E-state index contributed by atoms with van der Waals surface area (Å²) in [6, 6.07) is 2.79. The molecular weight excluding hydrogens is 304 g/mol. The first-order valence-corrected chi connectivity index (χ1v) is 6.85. The number of carbonyl (C=O) groups excluding carboxylic acids is 2. The first kappa shape index (κ1) is 18.2. The Labute approximate surface area is 133 Å². The smallest absolute Gasteiger partial charge is 0.338 e. The number of esters is 1. The summed E-state index contributed by atoms with van der Waals surface area (Å²) in [4.78, 5) is 34.1. The fraction of sp³-hybridized carbons (Fsp3) is 0.357. The van der Waals surface area contributed by atoms with Gasteiger partial charge in [0.25, 0.3) is 5.91 Å². The van der Waals surface area contributed by atoms with Gasteiger partial charge in [-0.2, -0.15) is 0 Å². The normalized spacial score (nSPS) is 11.4. The summed E-state index contributed by atoms with van der Waals surface area (Å²) in [5.74, 6) is -2.95. The molecule has 0 bridgehead atoms. The largest absolute Gasteiger partial charge is 0.478 e. The van der Waals surface area contributed by atoms with Crippen molar-refractivity contribution in [2.45, 2.75) is 12.5 Å². The van der Waals surface area contributed by atoms with Crippen molar-refractivity contribution in [1.82, 2.24) is 0 Å². The Balaban J connectivity index is 3.11. The Morgan fingerprint density at radius 3 is 2.52 bits per heavy atom. The zero-order valence-electron chi connectivity index (χ0n) is 12.7. The quantitative estimate of drug-likeness (QED) is 0.233. The first-order chi connectivity index (χ1) is 10.9. The molecule has 0 fully saturated rings. The Bertz CT molecular complexity index is 591. The molecule has 1 atom stereocenters. The zero-order valence-corrected chi connectivity index (χ0v) is 12.7. The first-order valence-electron chi connectivity index (χ1n) is 6.85. The van der Waals surface area contributed by atoms with Gasteiger partial charge in [0.2, 0.25) is 6.04 Å². The third-order valence-electron chi connectivity index (χ3n) is 2.98. The van der Waals surface area contributed by atoms with Gasteiger partial charge in [-0.1, -0.05) is 0 Å². The molecule has 0 aromatic heterocycles. The Hall–Kier alpha value is -2.81. The zero-order chi connectivity index (χ0) is 17.4. The molecular formula is C14H20N4O5. The number of carboxylic acid groups (broad SMARTS) is 1. The van der Waals surface area contributed by atoms with E-state index in [0.29, 0.717) is 25.2 Å². The Morgan fingerprint density at radius 1 is 1.30 bits per heavy atom. The highest BCUT2D eigenvalue weighted by molar-refractivity contribution is 6.04. The predicted octanol–water partition coefficient (Wildman–Crippen LogP) is -0.416. The predicted molar refractivity (Wildman–Crippen MR) is 84.2 cm³/mol. The van der Waals surface area contributed by atoms with E-state index in [-0.39, 0.29) is 11.3 Å². The molecule has 0 spiro atoms. The fourth-order valence-electron chi connectivity index (χ4n) is 1.80. The molecule has 1 unspecified atom stereocenters. The van der Waals surface area contributed by atoms with E-state index in [9.17, 15) is 14.4 Å². The van der Waals surface area contributed by atoms with Crippen LogP contribution in [0.1, 0.15) is 16.8 Å². The molecule has 0 heterocycles. The summed E-state index contributed by atoms with van der Waals surface area (Å²) in [6.45, 7) is 1.02. The lowest BCUT2D eigenvalue weighted by Crippen LogP contribution is -2.43. The number of ether oxygens (including phenoxy) is 1. The number of anilines is 2. The van der Waals surface area contributed by atoms with Crippen molar-refractivity contribution in [3.05, 3.63) is 23.8 Å². The van der Waals surface area contributed by atoms with E-state index in [4.69, 9.17) is 16.6 Å². The lowest BCUT2D eigenvalue weighted by Gasteiger charge is -2.18. The van der Waals surface area contributed by atoms with E-state index < -0.39 is 23.9 Å². The van der Waals surface area contributed by atoms with Crippen LogP contribution in [0.15, 0.2) is 18.2 Å². The summed E-state index contributed by atoms with van der Waals surface area (Å²) in [5.41, 5.74) is 11.3. The number of amides is 1. The number of carbonyl (C=O) groups is 3. The van der Waals surface area contributed by atoms with Crippen molar-refractivity contribution >= 4 is 29.2 Å². The van der Waals surface area contributed by atoms with Crippen molar-refractivity contribution in [2.24, 2.45) is 11.5 Å².